The van der Waals surface area contributed by atoms with Crippen LogP contribution in [0.25, 0.3) is 11.5 Å². The van der Waals surface area contributed by atoms with E-state index in [1.54, 1.807) is 25.3 Å². The zero-order chi connectivity index (χ0) is 24.8. The molecule has 1 fully saturated rings. The van der Waals surface area contributed by atoms with Gasteiger partial charge < -0.3 is 14.4 Å². The van der Waals surface area contributed by atoms with Gasteiger partial charge in [-0.15, -0.1) is 0 Å². The Morgan fingerprint density at radius 3 is 2.71 bits per heavy atom. The van der Waals surface area contributed by atoms with Gasteiger partial charge in [-0.2, -0.15) is 0 Å². The van der Waals surface area contributed by atoms with E-state index in [0.29, 0.717) is 47.7 Å². The molecule has 0 saturated heterocycles. The summed E-state index contributed by atoms with van der Waals surface area (Å²) in [6.07, 6.45) is 4.60. The van der Waals surface area contributed by atoms with Crippen LogP contribution in [0.15, 0.2) is 53.2 Å². The van der Waals surface area contributed by atoms with Crippen molar-refractivity contribution in [2.24, 2.45) is 5.92 Å². The van der Waals surface area contributed by atoms with Crippen molar-refractivity contribution in [1.29, 1.82) is 0 Å². The van der Waals surface area contributed by atoms with Gasteiger partial charge in [0.05, 0.1) is 29.7 Å². The van der Waals surface area contributed by atoms with Crippen molar-refractivity contribution in [1.82, 2.24) is 14.9 Å². The van der Waals surface area contributed by atoms with E-state index >= 15 is 0 Å². The highest BCUT2D eigenvalue weighted by atomic mass is 32.2. The van der Waals surface area contributed by atoms with E-state index in [4.69, 9.17) is 9.26 Å². The van der Waals surface area contributed by atoms with Crippen LogP contribution >= 0.6 is 0 Å². The summed E-state index contributed by atoms with van der Waals surface area (Å²) in [6, 6.07) is 12.9. The fraction of sp³-hybridized carbons (Fsp3) is 0.400. The maximum atomic E-state index is 12.5. The molecule has 0 radical (unpaired) electrons. The van der Waals surface area contributed by atoms with Crippen LogP contribution < -0.4 is 9.46 Å². The third-order valence-corrected chi connectivity index (χ3v) is 7.53. The Morgan fingerprint density at radius 2 is 2.00 bits per heavy atom. The minimum absolute atomic E-state index is 0.0230. The number of carboxylic acid groups (broad SMARTS) is 1. The Balaban J connectivity index is 1.38. The topological polar surface area (TPSA) is 132 Å². The summed E-state index contributed by atoms with van der Waals surface area (Å²) in [5.74, 6) is -0.245. The maximum Gasteiger partial charge on any atom is 0.306 e. The predicted molar refractivity (Wildman–Crippen MR) is 129 cm³/mol. The summed E-state index contributed by atoms with van der Waals surface area (Å²) in [5.41, 5.74) is 2.65. The number of carbonyl (C=O) groups is 1. The van der Waals surface area contributed by atoms with Crippen LogP contribution in [0.1, 0.15) is 42.5 Å². The molecule has 2 atom stereocenters. The molecule has 1 aliphatic carbocycles. The first-order valence-corrected chi connectivity index (χ1v) is 13.3. The minimum atomic E-state index is -3.51. The number of nitrogens with one attached hydrogen (secondary N) is 1. The number of sulfonamides is 1. The van der Waals surface area contributed by atoms with Crippen LogP contribution in [0.2, 0.25) is 0 Å². The van der Waals surface area contributed by atoms with Crippen molar-refractivity contribution in [3.8, 4) is 17.2 Å². The van der Waals surface area contributed by atoms with Crippen molar-refractivity contribution in [2.45, 2.75) is 51.7 Å². The van der Waals surface area contributed by atoms with Crippen LogP contribution in [0, 0.1) is 12.8 Å². The van der Waals surface area contributed by atoms with Gasteiger partial charge >= 0.3 is 5.97 Å². The molecule has 0 spiro atoms. The number of nitrogens with zero attached hydrogens (tertiary/aromatic N) is 2. The van der Waals surface area contributed by atoms with Crippen LogP contribution in [-0.4, -0.2) is 41.5 Å². The molecule has 1 saturated carbocycles. The standard InChI is InChI=1S/C25H29N3O6S/c1-17-22(16-27-35(31,32)13-12-18-6-3-2-4-7-18)24(34-28-17)23-11-10-21(15-26-23)33-20-9-5-8-19(14-20)25(29)30/h2-4,6-7,10-11,15,19-20,27H,5,8-9,12-14,16H2,1H3,(H,29,30)/t19-,20-/m0/s1. The van der Waals surface area contributed by atoms with Gasteiger partial charge in [0.2, 0.25) is 10.0 Å². The Labute approximate surface area is 204 Å². The second-order valence-corrected chi connectivity index (χ2v) is 10.7. The highest BCUT2D eigenvalue weighted by Gasteiger charge is 2.28. The third-order valence-electron chi connectivity index (χ3n) is 6.20. The predicted octanol–water partition coefficient (Wildman–Crippen LogP) is 3.73. The summed E-state index contributed by atoms with van der Waals surface area (Å²) in [6.45, 7) is 1.79. The smallest absolute Gasteiger partial charge is 0.306 e. The maximum absolute atomic E-state index is 12.5. The first-order chi connectivity index (χ1) is 16.8. The van der Waals surface area contributed by atoms with E-state index in [-0.39, 0.29) is 24.3 Å². The number of pyridine rings is 1. The van der Waals surface area contributed by atoms with Crippen LogP contribution in [0.4, 0.5) is 0 Å². The summed E-state index contributed by atoms with van der Waals surface area (Å²) in [5, 5.41) is 13.3. The second-order valence-electron chi connectivity index (χ2n) is 8.77. The molecule has 2 N–H and O–H groups in total. The SMILES string of the molecule is Cc1noc(-c2ccc(O[C@H]3CCC[C@H](C(=O)O)C3)cn2)c1CNS(=O)(=O)CCc1ccccc1. The lowest BCUT2D eigenvalue weighted by Crippen LogP contribution is -2.29. The Morgan fingerprint density at radius 1 is 1.20 bits per heavy atom. The lowest BCUT2D eigenvalue weighted by Gasteiger charge is -2.27. The van der Waals surface area contributed by atoms with Crippen molar-refractivity contribution < 1.29 is 27.6 Å². The second kappa shape index (κ2) is 11.0. The van der Waals surface area contributed by atoms with Gasteiger partial charge in [-0.3, -0.25) is 4.79 Å². The first-order valence-electron chi connectivity index (χ1n) is 11.6. The molecule has 0 unspecified atom stereocenters. The molecular formula is C25H29N3O6S. The van der Waals surface area contributed by atoms with Gasteiger partial charge in [-0.25, -0.2) is 18.1 Å². The van der Waals surface area contributed by atoms with Crippen LogP contribution in [0.5, 0.6) is 5.75 Å². The van der Waals surface area contributed by atoms with Gasteiger partial charge in [0.1, 0.15) is 11.4 Å². The lowest BCUT2D eigenvalue weighted by atomic mass is 9.87. The fourth-order valence-electron chi connectivity index (χ4n) is 4.20. The number of benzene rings is 1. The van der Waals surface area contributed by atoms with Crippen molar-refractivity contribution >= 4 is 16.0 Å². The molecule has 9 nitrogen and oxygen atoms in total. The molecule has 1 aromatic carbocycles. The largest absolute Gasteiger partial charge is 0.489 e. The number of ether oxygens (including phenoxy) is 1. The molecule has 35 heavy (non-hydrogen) atoms. The molecule has 0 amide bonds. The zero-order valence-corrected chi connectivity index (χ0v) is 20.3. The summed E-state index contributed by atoms with van der Waals surface area (Å²) in [4.78, 5) is 15.7. The number of aromatic nitrogens is 2. The lowest BCUT2D eigenvalue weighted by molar-refractivity contribution is -0.143. The zero-order valence-electron chi connectivity index (χ0n) is 19.5. The molecule has 4 rings (SSSR count). The highest BCUT2D eigenvalue weighted by molar-refractivity contribution is 7.89. The minimum Gasteiger partial charge on any atom is -0.489 e. The normalized spacial score (nSPS) is 18.3. The number of rotatable bonds is 10. The van der Waals surface area contributed by atoms with Crippen molar-refractivity contribution in [3.63, 3.8) is 0 Å². The van der Waals surface area contributed by atoms with Gasteiger partial charge in [0, 0.05) is 12.1 Å². The van der Waals surface area contributed by atoms with Gasteiger partial charge in [-0.05, 0) is 56.7 Å². The summed E-state index contributed by atoms with van der Waals surface area (Å²) in [7, 11) is -3.51. The van der Waals surface area contributed by atoms with Gasteiger partial charge in [-0.1, -0.05) is 35.5 Å². The van der Waals surface area contributed by atoms with E-state index in [0.717, 1.165) is 18.4 Å². The molecule has 0 bridgehead atoms. The number of hydrogen-bond donors (Lipinski definition) is 2. The Kier molecular flexibility index (Phi) is 7.82. The Bertz CT molecular complexity index is 1240. The third kappa shape index (κ3) is 6.67. The summed E-state index contributed by atoms with van der Waals surface area (Å²) < 4.78 is 39.1. The highest BCUT2D eigenvalue weighted by Crippen LogP contribution is 2.30. The van der Waals surface area contributed by atoms with E-state index in [2.05, 4.69) is 14.9 Å². The van der Waals surface area contributed by atoms with Crippen LogP contribution in [-0.2, 0) is 27.8 Å². The number of hydrogen-bond acceptors (Lipinski definition) is 7. The van der Waals surface area contributed by atoms with E-state index in [9.17, 15) is 18.3 Å². The average molecular weight is 500 g/mol. The number of aryl methyl sites for hydroxylation is 2. The Hall–Kier alpha value is -3.24. The van der Waals surface area contributed by atoms with E-state index in [1.165, 1.54) is 0 Å². The molecule has 2 aromatic heterocycles. The fourth-order valence-corrected chi connectivity index (χ4v) is 5.22. The summed E-state index contributed by atoms with van der Waals surface area (Å²) >= 11 is 0. The van der Waals surface area contributed by atoms with Crippen molar-refractivity contribution in [3.05, 3.63) is 65.5 Å². The quantitative estimate of drug-likeness (QED) is 0.431. The molecule has 186 valence electrons. The molecule has 1 aliphatic rings. The number of aliphatic carboxylic acids is 1. The monoisotopic (exact) mass is 499 g/mol. The van der Waals surface area contributed by atoms with Crippen molar-refractivity contribution in [2.75, 3.05) is 5.75 Å². The number of carboxylic acids is 1. The first kappa shape index (κ1) is 24.9. The molecule has 10 heteroatoms. The molecule has 3 aromatic rings. The van der Waals surface area contributed by atoms with E-state index < -0.39 is 16.0 Å². The van der Waals surface area contributed by atoms with Crippen LogP contribution in [0.3, 0.4) is 0 Å². The van der Waals surface area contributed by atoms with Gasteiger partial charge in [0.15, 0.2) is 5.76 Å². The molecule has 2 heterocycles. The molecular weight excluding hydrogens is 470 g/mol. The van der Waals surface area contributed by atoms with E-state index in [1.807, 2.05) is 30.3 Å². The molecule has 0 aliphatic heterocycles. The van der Waals surface area contributed by atoms with Gasteiger partial charge in [0.25, 0.3) is 0 Å². The average Bonchev–Trinajstić information content (AvgIpc) is 3.23.